The van der Waals surface area contributed by atoms with Gasteiger partial charge in [-0.2, -0.15) is 0 Å². The summed E-state index contributed by atoms with van der Waals surface area (Å²) in [7, 11) is 0. The molecule has 0 saturated heterocycles. The maximum absolute atomic E-state index is 12.7. The Morgan fingerprint density at radius 2 is 2.00 bits per heavy atom. The summed E-state index contributed by atoms with van der Waals surface area (Å²) in [5.74, 6) is -0.311. The molecular formula is C17H21ClN4O3. The summed E-state index contributed by atoms with van der Waals surface area (Å²) in [6.07, 6.45) is 0.704. The zero-order valence-corrected chi connectivity index (χ0v) is 15.3. The monoisotopic (exact) mass is 364 g/mol. The van der Waals surface area contributed by atoms with Crippen LogP contribution >= 0.6 is 11.6 Å². The molecule has 0 aliphatic heterocycles. The van der Waals surface area contributed by atoms with Crippen molar-refractivity contribution >= 4 is 23.5 Å². The van der Waals surface area contributed by atoms with Crippen LogP contribution in [0, 0.1) is 6.92 Å². The van der Waals surface area contributed by atoms with Crippen molar-refractivity contribution in [2.24, 2.45) is 0 Å². The van der Waals surface area contributed by atoms with Crippen molar-refractivity contribution in [2.75, 3.05) is 19.7 Å². The SMILES string of the molecule is CCCN(CC(=O)OCC)C(=O)c1nc(C)n(-c2ccccc2Cl)n1. The Kier molecular flexibility index (Phi) is 6.52. The van der Waals surface area contributed by atoms with Crippen LogP contribution in [0.1, 0.15) is 36.7 Å². The molecule has 0 saturated carbocycles. The van der Waals surface area contributed by atoms with Gasteiger partial charge in [0.1, 0.15) is 12.4 Å². The Morgan fingerprint density at radius 3 is 2.64 bits per heavy atom. The number of carbonyl (C=O) groups excluding carboxylic acids is 2. The Morgan fingerprint density at radius 1 is 1.28 bits per heavy atom. The molecule has 2 aromatic rings. The first-order valence-electron chi connectivity index (χ1n) is 8.11. The van der Waals surface area contributed by atoms with Gasteiger partial charge in [0.05, 0.1) is 17.3 Å². The van der Waals surface area contributed by atoms with Gasteiger partial charge < -0.3 is 9.64 Å². The van der Waals surface area contributed by atoms with Crippen LogP contribution in [-0.4, -0.2) is 51.2 Å². The minimum absolute atomic E-state index is 0.0233. The minimum Gasteiger partial charge on any atom is -0.465 e. The molecule has 0 atom stereocenters. The second kappa shape index (κ2) is 8.62. The van der Waals surface area contributed by atoms with Gasteiger partial charge >= 0.3 is 5.97 Å². The number of hydrogen-bond donors (Lipinski definition) is 0. The van der Waals surface area contributed by atoms with Crippen LogP contribution < -0.4 is 0 Å². The number of amides is 1. The molecule has 25 heavy (non-hydrogen) atoms. The first-order valence-corrected chi connectivity index (χ1v) is 8.49. The summed E-state index contributed by atoms with van der Waals surface area (Å²) in [5.41, 5.74) is 0.639. The van der Waals surface area contributed by atoms with E-state index >= 15 is 0 Å². The smallest absolute Gasteiger partial charge is 0.325 e. The van der Waals surface area contributed by atoms with E-state index in [0.29, 0.717) is 29.5 Å². The van der Waals surface area contributed by atoms with E-state index < -0.39 is 11.9 Å². The zero-order chi connectivity index (χ0) is 18.4. The molecule has 7 nitrogen and oxygen atoms in total. The molecule has 1 amide bonds. The van der Waals surface area contributed by atoms with E-state index in [2.05, 4.69) is 10.1 Å². The summed E-state index contributed by atoms with van der Waals surface area (Å²) in [4.78, 5) is 30.1. The number of aromatic nitrogens is 3. The molecule has 0 bridgehead atoms. The summed E-state index contributed by atoms with van der Waals surface area (Å²) < 4.78 is 6.44. The lowest BCUT2D eigenvalue weighted by atomic mass is 10.3. The molecule has 1 aromatic heterocycles. The van der Waals surface area contributed by atoms with Crippen molar-refractivity contribution in [3.63, 3.8) is 0 Å². The van der Waals surface area contributed by atoms with Crippen LogP contribution in [0.25, 0.3) is 5.69 Å². The van der Waals surface area contributed by atoms with Gasteiger partial charge in [-0.25, -0.2) is 9.67 Å². The van der Waals surface area contributed by atoms with Gasteiger partial charge in [-0.05, 0) is 32.4 Å². The number of carbonyl (C=O) groups is 2. The lowest BCUT2D eigenvalue weighted by Gasteiger charge is -2.19. The van der Waals surface area contributed by atoms with Crippen molar-refractivity contribution < 1.29 is 14.3 Å². The highest BCUT2D eigenvalue weighted by Crippen LogP contribution is 2.20. The molecule has 1 aromatic carbocycles. The molecule has 0 fully saturated rings. The highest BCUT2D eigenvalue weighted by molar-refractivity contribution is 6.32. The quantitative estimate of drug-likeness (QED) is 0.706. The number of aryl methyl sites for hydroxylation is 1. The summed E-state index contributed by atoms with van der Waals surface area (Å²) in [6.45, 7) is 5.94. The molecular weight excluding hydrogens is 344 g/mol. The molecule has 0 aliphatic rings. The Bertz CT molecular complexity index is 760. The number of ether oxygens (including phenoxy) is 1. The molecule has 0 N–H and O–H groups in total. The molecule has 0 spiro atoms. The van der Waals surface area contributed by atoms with Crippen molar-refractivity contribution in [1.29, 1.82) is 0 Å². The van der Waals surface area contributed by atoms with Crippen molar-refractivity contribution in [2.45, 2.75) is 27.2 Å². The standard InChI is InChI=1S/C17H21ClN4O3/c1-4-10-21(11-15(23)25-5-2)17(24)16-19-12(3)22(20-16)14-9-7-6-8-13(14)18/h6-9H,4-5,10-11H2,1-3H3. The van der Waals surface area contributed by atoms with E-state index in [-0.39, 0.29) is 19.0 Å². The molecule has 134 valence electrons. The second-order valence-corrected chi connectivity index (χ2v) is 5.78. The van der Waals surface area contributed by atoms with Crippen LogP contribution in [0.2, 0.25) is 5.02 Å². The Balaban J connectivity index is 2.27. The first-order chi connectivity index (χ1) is 12.0. The molecule has 1 heterocycles. The highest BCUT2D eigenvalue weighted by Gasteiger charge is 2.24. The van der Waals surface area contributed by atoms with Crippen LogP contribution in [0.15, 0.2) is 24.3 Å². The summed E-state index contributed by atoms with van der Waals surface area (Å²) in [6, 6.07) is 7.17. The van der Waals surface area contributed by atoms with Gasteiger partial charge in [-0.1, -0.05) is 30.7 Å². The van der Waals surface area contributed by atoms with Crippen LogP contribution in [0.3, 0.4) is 0 Å². The normalized spacial score (nSPS) is 10.6. The predicted octanol–water partition coefficient (Wildman–Crippen LogP) is 2.64. The molecule has 0 radical (unpaired) electrons. The molecule has 0 unspecified atom stereocenters. The average Bonchev–Trinajstić information content (AvgIpc) is 2.96. The number of hydrogen-bond acceptors (Lipinski definition) is 5. The number of halogens is 1. The van der Waals surface area contributed by atoms with Crippen molar-refractivity contribution in [3.05, 3.63) is 40.9 Å². The summed E-state index contributed by atoms with van der Waals surface area (Å²) >= 11 is 6.19. The van der Waals surface area contributed by atoms with Gasteiger partial charge in [0.2, 0.25) is 5.82 Å². The van der Waals surface area contributed by atoms with Crippen LogP contribution in [0.4, 0.5) is 0 Å². The highest BCUT2D eigenvalue weighted by atomic mass is 35.5. The summed E-state index contributed by atoms with van der Waals surface area (Å²) in [5, 5.41) is 4.78. The van der Waals surface area contributed by atoms with Gasteiger partial charge in [0.25, 0.3) is 5.91 Å². The third-order valence-electron chi connectivity index (χ3n) is 3.45. The van der Waals surface area contributed by atoms with Gasteiger partial charge in [0, 0.05) is 6.54 Å². The average molecular weight is 365 g/mol. The van der Waals surface area contributed by atoms with E-state index in [0.717, 1.165) is 0 Å². The molecule has 8 heteroatoms. The van der Waals surface area contributed by atoms with Crippen LogP contribution in [0.5, 0.6) is 0 Å². The maximum Gasteiger partial charge on any atom is 0.325 e. The third kappa shape index (κ3) is 4.57. The lowest BCUT2D eigenvalue weighted by molar-refractivity contribution is -0.143. The largest absolute Gasteiger partial charge is 0.465 e. The number of esters is 1. The van der Waals surface area contributed by atoms with Gasteiger partial charge in [0.15, 0.2) is 0 Å². The lowest BCUT2D eigenvalue weighted by Crippen LogP contribution is -2.37. The fraction of sp³-hybridized carbons (Fsp3) is 0.412. The van der Waals surface area contributed by atoms with E-state index in [9.17, 15) is 9.59 Å². The third-order valence-corrected chi connectivity index (χ3v) is 3.77. The van der Waals surface area contributed by atoms with Gasteiger partial charge in [-0.3, -0.25) is 9.59 Å². The fourth-order valence-corrected chi connectivity index (χ4v) is 2.57. The molecule has 2 rings (SSSR count). The Labute approximate surface area is 151 Å². The fourth-order valence-electron chi connectivity index (χ4n) is 2.36. The second-order valence-electron chi connectivity index (χ2n) is 5.38. The van der Waals surface area contributed by atoms with E-state index in [4.69, 9.17) is 16.3 Å². The van der Waals surface area contributed by atoms with E-state index in [1.54, 1.807) is 26.0 Å². The van der Waals surface area contributed by atoms with E-state index in [1.165, 1.54) is 9.58 Å². The predicted molar refractivity (Wildman–Crippen MR) is 93.9 cm³/mol. The number of benzene rings is 1. The van der Waals surface area contributed by atoms with E-state index in [1.807, 2.05) is 19.1 Å². The minimum atomic E-state index is -0.452. The number of nitrogens with zero attached hydrogens (tertiary/aromatic N) is 4. The van der Waals surface area contributed by atoms with Crippen molar-refractivity contribution in [1.82, 2.24) is 19.7 Å². The molecule has 0 aliphatic carbocycles. The van der Waals surface area contributed by atoms with Crippen LogP contribution in [-0.2, 0) is 9.53 Å². The first kappa shape index (κ1) is 18.9. The van der Waals surface area contributed by atoms with Crippen molar-refractivity contribution in [3.8, 4) is 5.69 Å². The zero-order valence-electron chi connectivity index (χ0n) is 14.5. The number of para-hydroxylation sites is 1. The van der Waals surface area contributed by atoms with Gasteiger partial charge in [-0.15, -0.1) is 5.10 Å². The number of rotatable bonds is 7. The Hall–Kier alpha value is -2.41. The maximum atomic E-state index is 12.7. The topological polar surface area (TPSA) is 77.3 Å².